The third-order valence-corrected chi connectivity index (χ3v) is 3.51. The first-order valence-corrected chi connectivity index (χ1v) is 6.64. The third-order valence-electron chi connectivity index (χ3n) is 2.24. The summed E-state index contributed by atoms with van der Waals surface area (Å²) < 4.78 is 5.26. The molecular formula is C11H19NO4S. The molecule has 0 aromatic rings. The summed E-state index contributed by atoms with van der Waals surface area (Å²) in [5, 5.41) is 8.78. The number of ether oxygens (including phenoxy) is 1. The van der Waals surface area contributed by atoms with Gasteiger partial charge in [-0.25, -0.2) is 4.79 Å². The van der Waals surface area contributed by atoms with E-state index in [4.69, 9.17) is 9.84 Å². The highest BCUT2D eigenvalue weighted by Crippen LogP contribution is 2.23. The Hall–Kier alpha value is -0.910. The zero-order valence-electron chi connectivity index (χ0n) is 10.4. The van der Waals surface area contributed by atoms with E-state index >= 15 is 0 Å². The summed E-state index contributed by atoms with van der Waals surface area (Å²) in [5.74, 6) is -0.724. The maximum atomic E-state index is 11.7. The number of hydrogen-bond acceptors (Lipinski definition) is 4. The standard InChI is InChI=1S/C11H19NO4S/c1-11(2,3)16-10(15)12-5-4-8(6-12)17-7-9(13)14/h8H,4-7H2,1-3H3,(H,13,14)/t8-/m0/s1. The number of carbonyl (C=O) groups is 2. The normalized spacial score (nSPS) is 20.4. The Morgan fingerprint density at radius 2 is 2.12 bits per heavy atom. The molecule has 1 fully saturated rings. The maximum Gasteiger partial charge on any atom is 0.410 e. The van der Waals surface area contributed by atoms with Crippen molar-refractivity contribution in [3.05, 3.63) is 0 Å². The van der Waals surface area contributed by atoms with Crippen molar-refractivity contribution in [1.29, 1.82) is 0 Å². The Morgan fingerprint density at radius 3 is 2.65 bits per heavy atom. The van der Waals surface area contributed by atoms with Crippen LogP contribution >= 0.6 is 11.8 Å². The van der Waals surface area contributed by atoms with E-state index in [0.29, 0.717) is 13.1 Å². The van der Waals surface area contributed by atoms with E-state index in [0.717, 1.165) is 6.42 Å². The van der Waals surface area contributed by atoms with E-state index < -0.39 is 11.6 Å². The van der Waals surface area contributed by atoms with Crippen molar-refractivity contribution in [1.82, 2.24) is 4.90 Å². The number of amides is 1. The van der Waals surface area contributed by atoms with Crippen LogP contribution in [0.1, 0.15) is 27.2 Å². The first kappa shape index (κ1) is 14.2. The zero-order valence-corrected chi connectivity index (χ0v) is 11.2. The van der Waals surface area contributed by atoms with Gasteiger partial charge in [0.25, 0.3) is 0 Å². The molecule has 1 rings (SSSR count). The van der Waals surface area contributed by atoms with Crippen molar-refractivity contribution >= 4 is 23.8 Å². The van der Waals surface area contributed by atoms with Gasteiger partial charge in [0.1, 0.15) is 5.60 Å². The molecule has 0 aromatic carbocycles. The molecule has 0 spiro atoms. The van der Waals surface area contributed by atoms with Gasteiger partial charge in [-0.15, -0.1) is 11.8 Å². The van der Waals surface area contributed by atoms with Crippen LogP contribution in [-0.4, -0.2) is 51.8 Å². The molecule has 0 bridgehead atoms. The third kappa shape index (κ3) is 5.30. The summed E-state index contributed by atoms with van der Waals surface area (Å²) in [6.07, 6.45) is 0.521. The van der Waals surface area contributed by atoms with Gasteiger partial charge in [0, 0.05) is 18.3 Å². The molecule has 17 heavy (non-hydrogen) atoms. The van der Waals surface area contributed by atoms with Crippen LogP contribution < -0.4 is 0 Å². The molecule has 1 aliphatic rings. The van der Waals surface area contributed by atoms with Crippen LogP contribution in [0, 0.1) is 0 Å². The van der Waals surface area contributed by atoms with Gasteiger partial charge in [-0.3, -0.25) is 4.79 Å². The second-order valence-electron chi connectivity index (χ2n) is 5.04. The predicted molar refractivity (Wildman–Crippen MR) is 66.3 cm³/mol. The Morgan fingerprint density at radius 1 is 1.47 bits per heavy atom. The van der Waals surface area contributed by atoms with Crippen LogP contribution in [-0.2, 0) is 9.53 Å². The lowest BCUT2D eigenvalue weighted by atomic mass is 10.2. The molecule has 1 N–H and O–H groups in total. The fraction of sp³-hybridized carbons (Fsp3) is 0.818. The minimum atomic E-state index is -0.814. The fourth-order valence-corrected chi connectivity index (χ4v) is 2.48. The highest BCUT2D eigenvalue weighted by atomic mass is 32.2. The molecule has 1 saturated heterocycles. The molecule has 0 saturated carbocycles. The number of carboxylic acid groups (broad SMARTS) is 1. The second-order valence-corrected chi connectivity index (χ2v) is 6.33. The van der Waals surface area contributed by atoms with Crippen molar-refractivity contribution < 1.29 is 19.4 Å². The summed E-state index contributed by atoms with van der Waals surface area (Å²) in [6.45, 7) is 6.71. The maximum absolute atomic E-state index is 11.7. The zero-order chi connectivity index (χ0) is 13.1. The molecule has 6 heteroatoms. The molecule has 1 atom stereocenters. The molecule has 1 heterocycles. The Kier molecular flexibility index (Phi) is 4.68. The molecular weight excluding hydrogens is 242 g/mol. The molecule has 98 valence electrons. The number of carboxylic acids is 1. The smallest absolute Gasteiger partial charge is 0.410 e. The molecule has 1 amide bonds. The molecule has 5 nitrogen and oxygen atoms in total. The Bertz CT molecular complexity index is 300. The Labute approximate surface area is 105 Å². The number of nitrogens with zero attached hydrogens (tertiary/aromatic N) is 1. The number of carbonyl (C=O) groups excluding carboxylic acids is 1. The number of hydrogen-bond donors (Lipinski definition) is 1. The van der Waals surface area contributed by atoms with Crippen molar-refractivity contribution in [2.45, 2.75) is 38.0 Å². The number of thioether (sulfide) groups is 1. The van der Waals surface area contributed by atoms with E-state index in [2.05, 4.69) is 0 Å². The summed E-state index contributed by atoms with van der Waals surface area (Å²) >= 11 is 1.38. The van der Waals surface area contributed by atoms with E-state index in [9.17, 15) is 9.59 Å². The van der Waals surface area contributed by atoms with Gasteiger partial charge in [0.2, 0.25) is 0 Å². The van der Waals surface area contributed by atoms with E-state index in [-0.39, 0.29) is 17.1 Å². The summed E-state index contributed by atoms with van der Waals surface area (Å²) in [6, 6.07) is 0. The monoisotopic (exact) mass is 261 g/mol. The van der Waals surface area contributed by atoms with Crippen LogP contribution in [0.25, 0.3) is 0 Å². The summed E-state index contributed by atoms with van der Waals surface area (Å²) in [4.78, 5) is 23.8. The highest BCUT2D eigenvalue weighted by molar-refractivity contribution is 8.00. The number of aliphatic carboxylic acids is 1. The van der Waals surface area contributed by atoms with Gasteiger partial charge >= 0.3 is 12.1 Å². The lowest BCUT2D eigenvalue weighted by molar-refractivity contribution is -0.133. The molecule has 0 aromatic heterocycles. The lowest BCUT2D eigenvalue weighted by Gasteiger charge is -2.24. The number of rotatable bonds is 3. The van der Waals surface area contributed by atoms with Gasteiger partial charge < -0.3 is 14.7 Å². The van der Waals surface area contributed by atoms with Crippen LogP contribution in [0.3, 0.4) is 0 Å². The summed E-state index contributed by atoms with van der Waals surface area (Å²) in [5.41, 5.74) is -0.483. The van der Waals surface area contributed by atoms with E-state index in [1.54, 1.807) is 4.90 Å². The number of likely N-dealkylation sites (tertiary alicyclic amines) is 1. The first-order chi connectivity index (χ1) is 7.78. The van der Waals surface area contributed by atoms with E-state index in [1.807, 2.05) is 20.8 Å². The predicted octanol–water partition coefficient (Wildman–Crippen LogP) is 1.81. The SMILES string of the molecule is CC(C)(C)OC(=O)N1CC[C@H](SCC(=O)O)C1. The molecule has 1 aliphatic heterocycles. The van der Waals surface area contributed by atoms with Gasteiger partial charge in [0.15, 0.2) is 0 Å². The fourth-order valence-electron chi connectivity index (χ4n) is 1.55. The van der Waals surface area contributed by atoms with Gasteiger partial charge in [-0.2, -0.15) is 0 Å². The van der Waals surface area contributed by atoms with Crippen molar-refractivity contribution in [3.8, 4) is 0 Å². The highest BCUT2D eigenvalue weighted by Gasteiger charge is 2.30. The van der Waals surface area contributed by atoms with Gasteiger partial charge in [0.05, 0.1) is 5.75 Å². The van der Waals surface area contributed by atoms with Crippen molar-refractivity contribution in [2.75, 3.05) is 18.8 Å². The lowest BCUT2D eigenvalue weighted by Crippen LogP contribution is -2.35. The minimum Gasteiger partial charge on any atom is -0.481 e. The molecule has 0 radical (unpaired) electrons. The van der Waals surface area contributed by atoms with Gasteiger partial charge in [-0.1, -0.05) is 0 Å². The van der Waals surface area contributed by atoms with Crippen molar-refractivity contribution in [2.24, 2.45) is 0 Å². The van der Waals surface area contributed by atoms with Gasteiger partial charge in [-0.05, 0) is 27.2 Å². The molecule has 0 aliphatic carbocycles. The topological polar surface area (TPSA) is 66.8 Å². The largest absolute Gasteiger partial charge is 0.481 e. The van der Waals surface area contributed by atoms with Crippen LogP contribution in [0.15, 0.2) is 0 Å². The van der Waals surface area contributed by atoms with Crippen LogP contribution in [0.4, 0.5) is 4.79 Å². The van der Waals surface area contributed by atoms with E-state index in [1.165, 1.54) is 11.8 Å². The van der Waals surface area contributed by atoms with Crippen molar-refractivity contribution in [3.63, 3.8) is 0 Å². The minimum absolute atomic E-state index is 0.0901. The van der Waals surface area contributed by atoms with Crippen LogP contribution in [0.5, 0.6) is 0 Å². The average molecular weight is 261 g/mol. The Balaban J connectivity index is 2.34. The molecule has 0 unspecified atom stereocenters. The van der Waals surface area contributed by atoms with Crippen LogP contribution in [0.2, 0.25) is 0 Å². The average Bonchev–Trinajstić information content (AvgIpc) is 2.60. The summed E-state index contributed by atoms with van der Waals surface area (Å²) in [7, 11) is 0. The first-order valence-electron chi connectivity index (χ1n) is 5.59. The quantitative estimate of drug-likeness (QED) is 0.839. The second kappa shape index (κ2) is 5.62.